The molecule has 0 aliphatic carbocycles. The fraction of sp³-hybridized carbons (Fsp3) is 0.462. The Kier molecular flexibility index (Phi) is 5.54. The average molecular weight is 301 g/mol. The van der Waals surface area contributed by atoms with Crippen LogP contribution in [-0.4, -0.2) is 52.4 Å². The molecule has 1 aromatic carbocycles. The van der Waals surface area contributed by atoms with E-state index in [0.717, 1.165) is 12.3 Å². The Morgan fingerprint density at radius 2 is 2.32 bits per heavy atom. The van der Waals surface area contributed by atoms with Crippen molar-refractivity contribution in [2.75, 3.05) is 30.3 Å². The smallest absolute Gasteiger partial charge is 0.321 e. The predicted octanol–water partition coefficient (Wildman–Crippen LogP) is 2.42. The van der Waals surface area contributed by atoms with Crippen molar-refractivity contribution < 1.29 is 14.3 Å². The lowest BCUT2D eigenvalue weighted by Crippen LogP contribution is -2.48. The predicted molar refractivity (Wildman–Crippen MR) is 77.4 cm³/mol. The highest BCUT2D eigenvalue weighted by molar-refractivity contribution is 7.99. The summed E-state index contributed by atoms with van der Waals surface area (Å²) in [5.74, 6) is 1.34. The van der Waals surface area contributed by atoms with E-state index in [1.807, 2.05) is 11.0 Å². The van der Waals surface area contributed by atoms with Crippen molar-refractivity contribution >= 4 is 29.5 Å². The fourth-order valence-electron chi connectivity index (χ4n) is 1.97. The number of carboxylic acids is 1. The second kappa shape index (κ2) is 7.17. The van der Waals surface area contributed by atoms with E-state index < -0.39 is 12.0 Å². The molecule has 1 fully saturated rings. The fourth-order valence-corrected chi connectivity index (χ4v) is 4.00. The molecule has 0 saturated carbocycles. The van der Waals surface area contributed by atoms with Crippen molar-refractivity contribution in [3.63, 3.8) is 0 Å². The molecular weight excluding hydrogens is 285 g/mol. The molecule has 1 aromatic rings. The lowest BCUT2D eigenvalue weighted by atomic mass is 10.3. The Morgan fingerprint density at radius 3 is 3.05 bits per heavy atom. The average Bonchev–Trinajstić information content (AvgIpc) is 2.41. The molecule has 1 heterocycles. The second-order valence-corrected chi connectivity index (χ2v) is 6.53. The maximum absolute atomic E-state index is 13.4. The lowest BCUT2D eigenvalue weighted by Gasteiger charge is -2.32. The summed E-state index contributed by atoms with van der Waals surface area (Å²) in [4.78, 5) is 13.7. The molecule has 1 saturated heterocycles. The van der Waals surface area contributed by atoms with E-state index in [9.17, 15) is 9.18 Å². The molecule has 1 atom stereocenters. The Balaban J connectivity index is 1.84. The van der Waals surface area contributed by atoms with E-state index in [0.29, 0.717) is 22.9 Å². The summed E-state index contributed by atoms with van der Waals surface area (Å²) in [6.45, 7) is 1.47. The highest BCUT2D eigenvalue weighted by Gasteiger charge is 2.28. The molecule has 0 spiro atoms. The van der Waals surface area contributed by atoms with E-state index in [1.54, 1.807) is 23.9 Å². The molecule has 0 bridgehead atoms. The minimum atomic E-state index is -0.761. The Bertz CT molecular complexity index is 444. The second-order valence-electron chi connectivity index (χ2n) is 4.24. The summed E-state index contributed by atoms with van der Waals surface area (Å²) < 4.78 is 13.4. The van der Waals surface area contributed by atoms with E-state index in [4.69, 9.17) is 5.11 Å². The maximum atomic E-state index is 13.4. The molecule has 1 unspecified atom stereocenters. The van der Waals surface area contributed by atoms with E-state index in [2.05, 4.69) is 0 Å². The molecule has 3 nitrogen and oxygen atoms in total. The Labute approximate surface area is 120 Å². The molecule has 0 radical (unpaired) electrons. The zero-order chi connectivity index (χ0) is 13.7. The highest BCUT2D eigenvalue weighted by Crippen LogP contribution is 2.22. The van der Waals surface area contributed by atoms with Crippen molar-refractivity contribution in [2.24, 2.45) is 0 Å². The number of hydrogen-bond acceptors (Lipinski definition) is 4. The van der Waals surface area contributed by atoms with Crippen LogP contribution in [0.5, 0.6) is 0 Å². The third kappa shape index (κ3) is 4.12. The molecule has 104 valence electrons. The molecule has 1 aliphatic heterocycles. The molecule has 1 aliphatic rings. The van der Waals surface area contributed by atoms with Gasteiger partial charge in [-0.3, -0.25) is 9.69 Å². The van der Waals surface area contributed by atoms with Gasteiger partial charge in [0.05, 0.1) is 0 Å². The Morgan fingerprint density at radius 1 is 1.53 bits per heavy atom. The molecular formula is C13H16FNO2S2. The largest absolute Gasteiger partial charge is 0.480 e. The van der Waals surface area contributed by atoms with Crippen LogP contribution in [0.25, 0.3) is 0 Å². The number of thioether (sulfide) groups is 2. The van der Waals surface area contributed by atoms with Crippen LogP contribution < -0.4 is 0 Å². The van der Waals surface area contributed by atoms with Gasteiger partial charge < -0.3 is 5.11 Å². The van der Waals surface area contributed by atoms with Gasteiger partial charge in [0.1, 0.15) is 11.9 Å². The number of carboxylic acid groups (broad SMARTS) is 1. The molecule has 2 rings (SSSR count). The zero-order valence-corrected chi connectivity index (χ0v) is 12.1. The SMILES string of the molecule is O=C(O)C1CSCCN1CCSc1ccccc1F. The van der Waals surface area contributed by atoms with Crippen LogP contribution in [-0.2, 0) is 4.79 Å². The number of aliphatic carboxylic acids is 1. The first-order valence-electron chi connectivity index (χ1n) is 6.10. The van der Waals surface area contributed by atoms with Gasteiger partial charge in [-0.1, -0.05) is 12.1 Å². The quantitative estimate of drug-likeness (QED) is 0.846. The van der Waals surface area contributed by atoms with Gasteiger partial charge in [-0.25, -0.2) is 4.39 Å². The number of rotatable bonds is 5. The Hall–Kier alpha value is -0.720. The van der Waals surface area contributed by atoms with Gasteiger partial charge in [-0.2, -0.15) is 11.8 Å². The molecule has 1 N–H and O–H groups in total. The van der Waals surface area contributed by atoms with Gasteiger partial charge in [0.25, 0.3) is 0 Å². The van der Waals surface area contributed by atoms with Crippen LogP contribution >= 0.6 is 23.5 Å². The summed E-state index contributed by atoms with van der Waals surface area (Å²) in [5.41, 5.74) is 0. The monoisotopic (exact) mass is 301 g/mol. The van der Waals surface area contributed by atoms with Crippen LogP contribution in [0.15, 0.2) is 29.2 Å². The zero-order valence-electron chi connectivity index (χ0n) is 10.4. The topological polar surface area (TPSA) is 40.5 Å². The molecule has 6 heteroatoms. The third-order valence-corrected chi connectivity index (χ3v) is 5.05. The van der Waals surface area contributed by atoms with Gasteiger partial charge in [-0.05, 0) is 12.1 Å². The first kappa shape index (κ1) is 14.7. The van der Waals surface area contributed by atoms with Gasteiger partial charge in [0.15, 0.2) is 0 Å². The molecule has 0 amide bonds. The van der Waals surface area contributed by atoms with Crippen molar-refractivity contribution in [3.8, 4) is 0 Å². The van der Waals surface area contributed by atoms with E-state index in [-0.39, 0.29) is 5.82 Å². The summed E-state index contributed by atoms with van der Waals surface area (Å²) >= 11 is 3.12. The van der Waals surface area contributed by atoms with E-state index >= 15 is 0 Å². The standard InChI is InChI=1S/C13H16FNO2S2/c14-10-3-1-2-4-12(10)19-8-6-15-5-7-18-9-11(15)13(16)17/h1-4,11H,5-9H2,(H,16,17). The van der Waals surface area contributed by atoms with Crippen LogP contribution in [0.2, 0.25) is 0 Å². The van der Waals surface area contributed by atoms with Gasteiger partial charge in [0.2, 0.25) is 0 Å². The van der Waals surface area contributed by atoms with Crippen LogP contribution in [0.3, 0.4) is 0 Å². The van der Waals surface area contributed by atoms with Gasteiger partial charge in [0, 0.05) is 35.2 Å². The first-order chi connectivity index (χ1) is 9.18. The van der Waals surface area contributed by atoms with Gasteiger partial charge >= 0.3 is 5.97 Å². The number of nitrogens with zero attached hydrogens (tertiary/aromatic N) is 1. The number of carbonyl (C=O) groups is 1. The highest BCUT2D eigenvalue weighted by atomic mass is 32.2. The van der Waals surface area contributed by atoms with Crippen LogP contribution in [0.1, 0.15) is 0 Å². The maximum Gasteiger partial charge on any atom is 0.321 e. The van der Waals surface area contributed by atoms with Gasteiger partial charge in [-0.15, -0.1) is 11.8 Å². The minimum absolute atomic E-state index is 0.212. The number of benzene rings is 1. The third-order valence-electron chi connectivity index (χ3n) is 3.00. The number of halogens is 1. The van der Waals surface area contributed by atoms with Crippen LogP contribution in [0.4, 0.5) is 4.39 Å². The van der Waals surface area contributed by atoms with Crippen molar-refractivity contribution in [3.05, 3.63) is 30.1 Å². The van der Waals surface area contributed by atoms with Crippen molar-refractivity contribution in [1.82, 2.24) is 4.90 Å². The number of hydrogen-bond donors (Lipinski definition) is 1. The molecule has 19 heavy (non-hydrogen) atoms. The lowest BCUT2D eigenvalue weighted by molar-refractivity contribution is -0.142. The van der Waals surface area contributed by atoms with Crippen molar-refractivity contribution in [2.45, 2.75) is 10.9 Å². The molecule has 0 aromatic heterocycles. The van der Waals surface area contributed by atoms with Crippen molar-refractivity contribution in [1.29, 1.82) is 0 Å². The van der Waals surface area contributed by atoms with Crippen LogP contribution in [0, 0.1) is 5.82 Å². The summed E-state index contributed by atoms with van der Waals surface area (Å²) in [6.07, 6.45) is 0. The summed E-state index contributed by atoms with van der Waals surface area (Å²) in [6, 6.07) is 6.27. The summed E-state index contributed by atoms with van der Waals surface area (Å²) in [7, 11) is 0. The summed E-state index contributed by atoms with van der Waals surface area (Å²) in [5, 5.41) is 9.15. The van der Waals surface area contributed by atoms with E-state index in [1.165, 1.54) is 17.8 Å². The first-order valence-corrected chi connectivity index (χ1v) is 8.24. The normalized spacial score (nSPS) is 20.4. The minimum Gasteiger partial charge on any atom is -0.480 e.